The van der Waals surface area contributed by atoms with Gasteiger partial charge in [0.2, 0.25) is 0 Å². The number of quaternary nitrogens is 1. The van der Waals surface area contributed by atoms with Gasteiger partial charge in [-0.2, -0.15) is 0 Å². The summed E-state index contributed by atoms with van der Waals surface area (Å²) >= 11 is 0. The standard InChI is InChI=1S/C57H96NO8P/c1-6-8-10-12-14-15-16-17-18-19-20-21-22-23-24-25-26-27-28-29-30-31-32-33-34-35-36-37-38-39-40-41-42-43-44-46-48-50-57(60)66-55(53-63-56(59)49-47-45-13-11-9-7-2)54-65-67(61,62)64-52-51-58(3,4)5/h8,10,14-15,17-18,20-21,23-24,26-27,29-30,32-33,35-36,55H,6-7,9,11-13,16,19,22,25,28,31,34,37-54H2,1-5H3/b10-8-,15-14-,18-17-,21-20-,24-23-,27-26-,30-29-,33-32-,36-35-. The van der Waals surface area contributed by atoms with E-state index in [9.17, 15) is 19.0 Å². The lowest BCUT2D eigenvalue weighted by Gasteiger charge is -2.28. The van der Waals surface area contributed by atoms with Crippen LogP contribution in [0.4, 0.5) is 0 Å². The van der Waals surface area contributed by atoms with Crippen molar-refractivity contribution in [2.75, 3.05) is 47.5 Å². The summed E-state index contributed by atoms with van der Waals surface area (Å²) < 4.78 is 33.8. The van der Waals surface area contributed by atoms with E-state index in [4.69, 9.17) is 18.5 Å². The number of phosphoric acid groups is 1. The van der Waals surface area contributed by atoms with E-state index < -0.39 is 32.5 Å². The van der Waals surface area contributed by atoms with E-state index in [1.165, 1.54) is 38.5 Å². The maximum atomic E-state index is 12.7. The number of carbonyl (C=O) groups is 2. The highest BCUT2D eigenvalue weighted by Gasteiger charge is 2.21. The summed E-state index contributed by atoms with van der Waals surface area (Å²) in [6.45, 7) is 4.01. The molecule has 0 heterocycles. The minimum absolute atomic E-state index is 0.0363. The summed E-state index contributed by atoms with van der Waals surface area (Å²) in [7, 11) is 1.15. The Labute approximate surface area is 410 Å². The third-order valence-electron chi connectivity index (χ3n) is 10.6. The average Bonchev–Trinajstić information content (AvgIpc) is 3.29. The fourth-order valence-corrected chi connectivity index (χ4v) is 7.26. The summed E-state index contributed by atoms with van der Waals surface area (Å²) in [6.07, 6.45) is 66.0. The van der Waals surface area contributed by atoms with Gasteiger partial charge in [-0.15, -0.1) is 0 Å². The Balaban J connectivity index is 4.02. The zero-order chi connectivity index (χ0) is 49.2. The van der Waals surface area contributed by atoms with E-state index in [-0.39, 0.29) is 26.1 Å². The van der Waals surface area contributed by atoms with Crippen LogP contribution in [0.2, 0.25) is 0 Å². The second-order valence-electron chi connectivity index (χ2n) is 18.2. The smallest absolute Gasteiger partial charge is 0.306 e. The molecule has 9 nitrogen and oxygen atoms in total. The van der Waals surface area contributed by atoms with Crippen LogP contribution in [0, 0.1) is 0 Å². The third kappa shape index (κ3) is 51.9. The Bertz CT molecular complexity index is 1500. The predicted octanol–water partition coefficient (Wildman–Crippen LogP) is 15.2. The van der Waals surface area contributed by atoms with Gasteiger partial charge in [-0.25, -0.2) is 0 Å². The van der Waals surface area contributed by atoms with Gasteiger partial charge in [-0.05, 0) is 83.5 Å². The minimum atomic E-state index is -4.63. The molecule has 0 aromatic heterocycles. The molecule has 0 saturated heterocycles. The van der Waals surface area contributed by atoms with Gasteiger partial charge in [0.15, 0.2) is 6.10 Å². The fourth-order valence-electron chi connectivity index (χ4n) is 6.53. The first kappa shape index (κ1) is 63.7. The van der Waals surface area contributed by atoms with Crippen LogP contribution in [-0.2, 0) is 32.7 Å². The Morgan fingerprint density at radius 1 is 0.478 bits per heavy atom. The van der Waals surface area contributed by atoms with Crippen molar-refractivity contribution < 1.29 is 42.1 Å². The SMILES string of the molecule is CC/C=C\C/C=C\C/C=C\C/C=C\C/C=C\C/C=C\C/C=C\C/C=C\C/C=C\CCCCCCCCCCCC(=O)OC(COC(=O)CCCCCCCC)COP(=O)([O-])OCC[N+](C)(C)C. The van der Waals surface area contributed by atoms with Gasteiger partial charge in [0.05, 0.1) is 27.7 Å². The van der Waals surface area contributed by atoms with Crippen LogP contribution < -0.4 is 4.89 Å². The molecule has 0 aliphatic carbocycles. The molecular weight excluding hydrogens is 858 g/mol. The first-order valence-corrected chi connectivity index (χ1v) is 27.6. The Kier molecular flexibility index (Phi) is 45.4. The maximum Gasteiger partial charge on any atom is 0.306 e. The Morgan fingerprint density at radius 3 is 1.27 bits per heavy atom. The second kappa shape index (κ2) is 47.7. The van der Waals surface area contributed by atoms with Crippen molar-refractivity contribution in [1.29, 1.82) is 0 Å². The molecular formula is C57H96NO8P. The number of unbranched alkanes of at least 4 members (excludes halogenated alkanes) is 14. The van der Waals surface area contributed by atoms with Gasteiger partial charge in [0.25, 0.3) is 7.82 Å². The molecule has 382 valence electrons. The summed E-state index contributed by atoms with van der Waals surface area (Å²) in [5.74, 6) is -0.858. The lowest BCUT2D eigenvalue weighted by atomic mass is 10.1. The van der Waals surface area contributed by atoms with Crippen LogP contribution in [0.1, 0.15) is 187 Å². The first-order chi connectivity index (χ1) is 32.5. The molecule has 67 heavy (non-hydrogen) atoms. The summed E-state index contributed by atoms with van der Waals surface area (Å²) in [4.78, 5) is 37.4. The average molecular weight is 954 g/mol. The molecule has 0 bridgehead atoms. The molecule has 0 N–H and O–H groups in total. The van der Waals surface area contributed by atoms with Gasteiger partial charge in [-0.3, -0.25) is 14.2 Å². The highest BCUT2D eigenvalue weighted by Crippen LogP contribution is 2.38. The van der Waals surface area contributed by atoms with Crippen molar-refractivity contribution in [1.82, 2.24) is 0 Å². The van der Waals surface area contributed by atoms with E-state index in [0.29, 0.717) is 17.4 Å². The van der Waals surface area contributed by atoms with Crippen LogP contribution in [-0.4, -0.2) is 70.0 Å². The van der Waals surface area contributed by atoms with Gasteiger partial charge < -0.3 is 27.9 Å². The van der Waals surface area contributed by atoms with Crippen molar-refractivity contribution in [2.45, 2.75) is 193 Å². The van der Waals surface area contributed by atoms with Gasteiger partial charge in [0.1, 0.15) is 19.8 Å². The Morgan fingerprint density at radius 2 is 0.851 bits per heavy atom. The number of hydrogen-bond acceptors (Lipinski definition) is 8. The third-order valence-corrected chi connectivity index (χ3v) is 11.5. The lowest BCUT2D eigenvalue weighted by Crippen LogP contribution is -2.37. The zero-order valence-corrected chi connectivity index (χ0v) is 43.9. The molecule has 0 aromatic carbocycles. The van der Waals surface area contributed by atoms with E-state index in [1.807, 2.05) is 21.1 Å². The number of carbonyl (C=O) groups excluding carboxylic acids is 2. The van der Waals surface area contributed by atoms with Gasteiger partial charge in [-0.1, -0.05) is 200 Å². The van der Waals surface area contributed by atoms with Crippen LogP contribution in [0.5, 0.6) is 0 Å². The number of phosphoric ester groups is 1. The summed E-state index contributed by atoms with van der Waals surface area (Å²) in [5, 5.41) is 0. The number of esters is 2. The molecule has 0 rings (SSSR count). The quantitative estimate of drug-likeness (QED) is 0.0195. The van der Waals surface area contributed by atoms with Gasteiger partial charge >= 0.3 is 11.9 Å². The van der Waals surface area contributed by atoms with Crippen LogP contribution in [0.3, 0.4) is 0 Å². The molecule has 0 saturated carbocycles. The number of ether oxygens (including phenoxy) is 2. The second-order valence-corrected chi connectivity index (χ2v) is 19.6. The van der Waals surface area contributed by atoms with Crippen molar-refractivity contribution in [3.05, 3.63) is 109 Å². The van der Waals surface area contributed by atoms with Crippen LogP contribution in [0.15, 0.2) is 109 Å². The van der Waals surface area contributed by atoms with E-state index in [2.05, 4.69) is 123 Å². The van der Waals surface area contributed by atoms with Crippen molar-refractivity contribution >= 4 is 19.8 Å². The summed E-state index contributed by atoms with van der Waals surface area (Å²) in [6, 6.07) is 0. The van der Waals surface area contributed by atoms with E-state index >= 15 is 0 Å². The molecule has 2 unspecified atom stereocenters. The molecule has 0 fully saturated rings. The number of nitrogens with zero attached hydrogens (tertiary/aromatic N) is 1. The summed E-state index contributed by atoms with van der Waals surface area (Å²) in [5.41, 5.74) is 0. The largest absolute Gasteiger partial charge is 0.756 e. The number of rotatable bonds is 46. The molecule has 2 atom stereocenters. The molecule has 0 aliphatic heterocycles. The number of likely N-dealkylation sites (N-methyl/N-ethyl adjacent to an activating group) is 1. The zero-order valence-electron chi connectivity index (χ0n) is 43.1. The molecule has 0 amide bonds. The van der Waals surface area contributed by atoms with E-state index in [1.54, 1.807) is 0 Å². The topological polar surface area (TPSA) is 111 Å². The highest BCUT2D eigenvalue weighted by atomic mass is 31.2. The predicted molar refractivity (Wildman–Crippen MR) is 282 cm³/mol. The van der Waals surface area contributed by atoms with E-state index in [0.717, 1.165) is 116 Å². The van der Waals surface area contributed by atoms with Crippen LogP contribution >= 0.6 is 7.82 Å². The molecule has 0 aliphatic rings. The fraction of sp³-hybridized carbons (Fsp3) is 0.649. The van der Waals surface area contributed by atoms with Crippen molar-refractivity contribution in [2.24, 2.45) is 0 Å². The first-order valence-electron chi connectivity index (χ1n) is 26.1. The Hall–Kier alpha value is -3.33. The molecule has 0 aromatic rings. The molecule has 10 heteroatoms. The van der Waals surface area contributed by atoms with Gasteiger partial charge in [0, 0.05) is 12.8 Å². The maximum absolute atomic E-state index is 12.7. The number of hydrogen-bond donors (Lipinski definition) is 0. The molecule has 0 spiro atoms. The molecule has 0 radical (unpaired) electrons. The highest BCUT2D eigenvalue weighted by molar-refractivity contribution is 7.45. The van der Waals surface area contributed by atoms with Crippen molar-refractivity contribution in [3.8, 4) is 0 Å². The van der Waals surface area contributed by atoms with Crippen molar-refractivity contribution in [3.63, 3.8) is 0 Å². The lowest BCUT2D eigenvalue weighted by molar-refractivity contribution is -0.870. The monoisotopic (exact) mass is 954 g/mol. The number of allylic oxidation sites excluding steroid dienone is 18. The van der Waals surface area contributed by atoms with Crippen LogP contribution in [0.25, 0.3) is 0 Å². The normalized spacial score (nSPS) is 14.3. The minimum Gasteiger partial charge on any atom is -0.756 e.